The van der Waals surface area contributed by atoms with E-state index in [1.165, 1.54) is 12.7 Å². The van der Waals surface area contributed by atoms with Gasteiger partial charge in [-0.1, -0.05) is 42.0 Å². The fourth-order valence-electron chi connectivity index (χ4n) is 4.35. The van der Waals surface area contributed by atoms with Crippen molar-refractivity contribution in [1.29, 1.82) is 0 Å². The number of piperazine rings is 1. The van der Waals surface area contributed by atoms with E-state index < -0.39 is 5.97 Å². The number of hydrogen-bond acceptors (Lipinski definition) is 5. The molecule has 0 atom stereocenters. The smallest absolute Gasteiger partial charge is 0.356 e. The molecular formula is C25H30N4O3. The van der Waals surface area contributed by atoms with Crippen molar-refractivity contribution in [2.24, 2.45) is 7.05 Å². The number of methoxy groups -OCH3 is 1. The zero-order valence-electron chi connectivity index (χ0n) is 18.9. The van der Waals surface area contributed by atoms with Gasteiger partial charge < -0.3 is 14.6 Å². The molecule has 2 aromatic carbocycles. The molecule has 0 radical (unpaired) electrons. The Morgan fingerprint density at radius 1 is 1.00 bits per heavy atom. The molecule has 1 aromatic heterocycles. The highest BCUT2D eigenvalue weighted by atomic mass is 16.5. The van der Waals surface area contributed by atoms with Crippen molar-refractivity contribution in [3.05, 3.63) is 65.4 Å². The van der Waals surface area contributed by atoms with Crippen LogP contribution in [0.2, 0.25) is 0 Å². The summed E-state index contributed by atoms with van der Waals surface area (Å²) in [6.45, 7) is 6.72. The van der Waals surface area contributed by atoms with Gasteiger partial charge in [0.05, 0.1) is 24.9 Å². The summed E-state index contributed by atoms with van der Waals surface area (Å²) < 4.78 is 6.76. The molecular weight excluding hydrogens is 404 g/mol. The Morgan fingerprint density at radius 2 is 1.69 bits per heavy atom. The molecule has 1 aliphatic heterocycles. The van der Waals surface area contributed by atoms with Crippen LogP contribution in [0.15, 0.2) is 48.5 Å². The van der Waals surface area contributed by atoms with Gasteiger partial charge in [-0.3, -0.25) is 14.6 Å². The lowest BCUT2D eigenvalue weighted by Gasteiger charge is -2.34. The van der Waals surface area contributed by atoms with E-state index in [1.54, 1.807) is 4.57 Å². The SMILES string of the molecule is COC(=O)c1c(NC(=O)CN2CCN(Cc3ccccc3)CC2)c2cc(C)ccc2n1C. The number of anilines is 1. The predicted molar refractivity (Wildman–Crippen MR) is 126 cm³/mol. The quantitative estimate of drug-likeness (QED) is 0.604. The minimum Gasteiger partial charge on any atom is -0.464 e. The molecule has 4 rings (SSSR count). The number of benzene rings is 2. The zero-order valence-corrected chi connectivity index (χ0v) is 18.9. The molecule has 7 nitrogen and oxygen atoms in total. The highest BCUT2D eigenvalue weighted by Crippen LogP contribution is 2.31. The van der Waals surface area contributed by atoms with Crippen LogP contribution < -0.4 is 5.32 Å². The van der Waals surface area contributed by atoms with Crippen LogP contribution in [0.3, 0.4) is 0 Å². The van der Waals surface area contributed by atoms with Crippen LogP contribution >= 0.6 is 0 Å². The van der Waals surface area contributed by atoms with Crippen molar-refractivity contribution < 1.29 is 14.3 Å². The molecule has 1 aliphatic rings. The zero-order chi connectivity index (χ0) is 22.7. The predicted octanol–water partition coefficient (Wildman–Crippen LogP) is 3.03. The lowest BCUT2D eigenvalue weighted by Crippen LogP contribution is -2.48. The fourth-order valence-corrected chi connectivity index (χ4v) is 4.35. The molecule has 0 bridgehead atoms. The maximum atomic E-state index is 12.9. The highest BCUT2D eigenvalue weighted by Gasteiger charge is 2.25. The van der Waals surface area contributed by atoms with Crippen molar-refractivity contribution in [2.45, 2.75) is 13.5 Å². The second kappa shape index (κ2) is 9.54. The molecule has 0 unspecified atom stereocenters. The average Bonchev–Trinajstić information content (AvgIpc) is 3.06. The van der Waals surface area contributed by atoms with Crippen LogP contribution in [0.4, 0.5) is 5.69 Å². The number of fused-ring (bicyclic) bond motifs is 1. The first kappa shape index (κ1) is 22.0. The highest BCUT2D eigenvalue weighted by molar-refractivity contribution is 6.11. The van der Waals surface area contributed by atoms with Gasteiger partial charge in [0.1, 0.15) is 0 Å². The standard InChI is InChI=1S/C25H30N4O3/c1-18-9-10-21-20(15-18)23(24(27(21)2)25(31)32-3)26-22(30)17-29-13-11-28(12-14-29)16-19-7-5-4-6-8-19/h4-10,15H,11-14,16-17H2,1-3H3,(H,26,30). The number of aryl methyl sites for hydroxylation is 2. The first-order chi connectivity index (χ1) is 15.5. The molecule has 3 aromatic rings. The van der Waals surface area contributed by atoms with Gasteiger partial charge in [0.25, 0.3) is 0 Å². The van der Waals surface area contributed by atoms with Crippen LogP contribution in [-0.4, -0.2) is 66.1 Å². The number of esters is 1. The number of hydrogen-bond donors (Lipinski definition) is 1. The first-order valence-corrected chi connectivity index (χ1v) is 10.9. The molecule has 0 aliphatic carbocycles. The normalized spacial score (nSPS) is 15.1. The van der Waals surface area contributed by atoms with Crippen LogP contribution in [-0.2, 0) is 23.1 Å². The van der Waals surface area contributed by atoms with Crippen molar-refractivity contribution in [2.75, 3.05) is 45.2 Å². The van der Waals surface area contributed by atoms with E-state index in [-0.39, 0.29) is 5.91 Å². The summed E-state index contributed by atoms with van der Waals surface area (Å²) in [7, 11) is 3.16. The van der Waals surface area contributed by atoms with Crippen LogP contribution in [0, 0.1) is 6.92 Å². The first-order valence-electron chi connectivity index (χ1n) is 10.9. The molecule has 0 spiro atoms. The second-order valence-corrected chi connectivity index (χ2v) is 8.38. The summed E-state index contributed by atoms with van der Waals surface area (Å²) in [5.41, 5.74) is 4.12. The van der Waals surface area contributed by atoms with E-state index >= 15 is 0 Å². The molecule has 1 fully saturated rings. The largest absolute Gasteiger partial charge is 0.464 e. The average molecular weight is 435 g/mol. The number of carbonyl (C=O) groups is 2. The molecule has 1 amide bonds. The maximum Gasteiger partial charge on any atom is 0.356 e. The Balaban J connectivity index is 1.42. The molecule has 7 heteroatoms. The van der Waals surface area contributed by atoms with Gasteiger partial charge in [-0.05, 0) is 24.6 Å². The van der Waals surface area contributed by atoms with Gasteiger partial charge in [0.2, 0.25) is 5.91 Å². The van der Waals surface area contributed by atoms with Crippen molar-refractivity contribution in [3.8, 4) is 0 Å². The van der Waals surface area contributed by atoms with Crippen molar-refractivity contribution in [1.82, 2.24) is 14.4 Å². The van der Waals surface area contributed by atoms with Crippen LogP contribution in [0.25, 0.3) is 10.9 Å². The van der Waals surface area contributed by atoms with Crippen LogP contribution in [0.1, 0.15) is 21.6 Å². The molecule has 2 heterocycles. The van der Waals surface area contributed by atoms with E-state index in [1.807, 2.05) is 38.2 Å². The Bertz CT molecular complexity index is 1120. The summed E-state index contributed by atoms with van der Waals surface area (Å²) in [6.07, 6.45) is 0. The lowest BCUT2D eigenvalue weighted by atomic mass is 10.1. The number of carbonyl (C=O) groups excluding carboxylic acids is 2. The molecule has 1 saturated heterocycles. The minimum atomic E-state index is -0.467. The summed E-state index contributed by atoms with van der Waals surface area (Å²) >= 11 is 0. The van der Waals surface area contributed by atoms with Crippen molar-refractivity contribution in [3.63, 3.8) is 0 Å². The van der Waals surface area contributed by atoms with E-state index in [0.717, 1.165) is 49.2 Å². The Hall–Kier alpha value is -3.16. The lowest BCUT2D eigenvalue weighted by molar-refractivity contribution is -0.117. The van der Waals surface area contributed by atoms with Gasteiger partial charge in [-0.15, -0.1) is 0 Å². The monoisotopic (exact) mass is 434 g/mol. The van der Waals surface area contributed by atoms with E-state index in [0.29, 0.717) is 17.9 Å². The second-order valence-electron chi connectivity index (χ2n) is 8.38. The van der Waals surface area contributed by atoms with Crippen molar-refractivity contribution >= 4 is 28.5 Å². The number of nitrogens with one attached hydrogen (secondary N) is 1. The Labute approximate surface area is 188 Å². The summed E-state index contributed by atoms with van der Waals surface area (Å²) in [5.74, 6) is -0.591. The van der Waals surface area contributed by atoms with Crippen LogP contribution in [0.5, 0.6) is 0 Å². The van der Waals surface area contributed by atoms with Gasteiger partial charge in [-0.25, -0.2) is 4.79 Å². The van der Waals surface area contributed by atoms with E-state index in [4.69, 9.17) is 4.74 Å². The summed E-state index contributed by atoms with van der Waals surface area (Å²) in [5, 5.41) is 3.84. The number of rotatable bonds is 6. The number of aromatic nitrogens is 1. The molecule has 0 saturated carbocycles. The third-order valence-corrected chi connectivity index (χ3v) is 6.08. The minimum absolute atomic E-state index is 0.124. The Kier molecular flexibility index (Phi) is 6.58. The number of ether oxygens (including phenoxy) is 1. The maximum absolute atomic E-state index is 12.9. The summed E-state index contributed by atoms with van der Waals surface area (Å²) in [4.78, 5) is 30.0. The third kappa shape index (κ3) is 4.69. The molecule has 32 heavy (non-hydrogen) atoms. The van der Waals surface area contributed by atoms with Gasteiger partial charge in [-0.2, -0.15) is 0 Å². The fraction of sp³-hybridized carbons (Fsp3) is 0.360. The van der Waals surface area contributed by atoms with E-state index in [2.05, 4.69) is 39.4 Å². The topological polar surface area (TPSA) is 66.8 Å². The van der Waals surface area contributed by atoms with E-state index in [9.17, 15) is 9.59 Å². The number of amides is 1. The third-order valence-electron chi connectivity index (χ3n) is 6.08. The van der Waals surface area contributed by atoms with Gasteiger partial charge in [0, 0.05) is 45.2 Å². The summed E-state index contributed by atoms with van der Waals surface area (Å²) in [6, 6.07) is 16.4. The molecule has 168 valence electrons. The van der Waals surface area contributed by atoms with Gasteiger partial charge >= 0.3 is 5.97 Å². The van der Waals surface area contributed by atoms with Gasteiger partial charge in [0.15, 0.2) is 5.69 Å². The Morgan fingerprint density at radius 3 is 2.38 bits per heavy atom. The number of nitrogens with zero attached hydrogens (tertiary/aromatic N) is 3. The molecule has 1 N–H and O–H groups in total.